The third-order valence-corrected chi connectivity index (χ3v) is 9.06. The van der Waals surface area contributed by atoms with Crippen molar-refractivity contribution < 1.29 is 34.3 Å². The second-order valence-corrected chi connectivity index (χ2v) is 13.7. The van der Waals surface area contributed by atoms with Gasteiger partial charge in [0.1, 0.15) is 49.3 Å². The number of para-hydroxylation sites is 2. The van der Waals surface area contributed by atoms with Gasteiger partial charge in [0.05, 0.1) is 0 Å². The monoisotopic (exact) mass is 732 g/mol. The van der Waals surface area contributed by atoms with Gasteiger partial charge in [-0.05, 0) is 85.3 Å². The number of hydrogen-bond acceptors (Lipinski definition) is 8. The normalized spacial score (nSPS) is 14.0. The Kier molecular flexibility index (Phi) is 15.5. The van der Waals surface area contributed by atoms with E-state index in [1.807, 2.05) is 110 Å². The predicted molar refractivity (Wildman–Crippen MR) is 211 cm³/mol. The van der Waals surface area contributed by atoms with Crippen molar-refractivity contribution in [2.24, 2.45) is 0 Å². The van der Waals surface area contributed by atoms with Gasteiger partial charge in [-0.3, -0.25) is 9.69 Å². The first kappa shape index (κ1) is 40.0. The molecule has 9 nitrogen and oxygen atoms in total. The van der Waals surface area contributed by atoms with E-state index in [1.165, 1.54) is 0 Å². The summed E-state index contributed by atoms with van der Waals surface area (Å²) in [6.45, 7) is 5.30. The molecular weight excluding hydrogens is 681 g/mol. The second-order valence-electron chi connectivity index (χ2n) is 13.7. The van der Waals surface area contributed by atoms with Crippen molar-refractivity contribution in [1.82, 2.24) is 10.2 Å². The average Bonchev–Trinajstić information content (AvgIpc) is 3.20. The van der Waals surface area contributed by atoms with Gasteiger partial charge in [-0.2, -0.15) is 0 Å². The zero-order chi connectivity index (χ0) is 38.1. The van der Waals surface area contributed by atoms with Crippen molar-refractivity contribution in [3.63, 3.8) is 0 Å². The van der Waals surface area contributed by atoms with Crippen LogP contribution in [0, 0.1) is 0 Å². The zero-order valence-electron chi connectivity index (χ0n) is 31.0. The number of aliphatic hydroxyl groups excluding tert-OH is 3. The molecule has 0 saturated heterocycles. The first-order chi connectivity index (χ1) is 26.2. The zero-order valence-corrected chi connectivity index (χ0v) is 31.0. The van der Waals surface area contributed by atoms with Crippen LogP contribution in [0.1, 0.15) is 42.2 Å². The van der Waals surface area contributed by atoms with Crippen molar-refractivity contribution in [1.29, 1.82) is 0 Å². The second kappa shape index (κ2) is 20.9. The molecule has 0 aliphatic rings. The number of aliphatic hydroxyl groups is 3. The van der Waals surface area contributed by atoms with Crippen LogP contribution in [0.5, 0.6) is 17.2 Å². The summed E-state index contributed by atoms with van der Waals surface area (Å²) in [4.78, 5) is 15.0. The van der Waals surface area contributed by atoms with Crippen molar-refractivity contribution in [3.8, 4) is 17.2 Å². The molecule has 0 spiro atoms. The van der Waals surface area contributed by atoms with E-state index in [9.17, 15) is 20.1 Å². The Morgan fingerprint density at radius 3 is 1.56 bits per heavy atom. The lowest BCUT2D eigenvalue weighted by Crippen LogP contribution is -2.46. The molecule has 0 fully saturated rings. The highest BCUT2D eigenvalue weighted by molar-refractivity contribution is 5.82. The maximum Gasteiger partial charge on any atom is 0.253 e. The van der Waals surface area contributed by atoms with E-state index in [1.54, 1.807) is 24.3 Å². The summed E-state index contributed by atoms with van der Waals surface area (Å²) >= 11 is 0. The van der Waals surface area contributed by atoms with Crippen molar-refractivity contribution in [3.05, 3.63) is 162 Å². The van der Waals surface area contributed by atoms with E-state index >= 15 is 0 Å². The fraction of sp³-hybridized carbons (Fsp3) is 0.311. The van der Waals surface area contributed by atoms with Crippen molar-refractivity contribution in [2.45, 2.75) is 63.7 Å². The van der Waals surface area contributed by atoms with Gasteiger partial charge < -0.3 is 34.8 Å². The van der Waals surface area contributed by atoms with Crippen LogP contribution in [-0.2, 0) is 24.2 Å². The van der Waals surface area contributed by atoms with Crippen LogP contribution in [0.25, 0.3) is 0 Å². The van der Waals surface area contributed by atoms with E-state index in [2.05, 4.69) is 29.3 Å². The molecule has 0 bridgehead atoms. The Bertz CT molecular complexity index is 1740. The molecule has 0 aromatic heterocycles. The van der Waals surface area contributed by atoms with Crippen LogP contribution in [-0.4, -0.2) is 76.7 Å². The summed E-state index contributed by atoms with van der Waals surface area (Å²) in [6, 6.07) is 43.5. The van der Waals surface area contributed by atoms with E-state index < -0.39 is 24.2 Å². The topological polar surface area (TPSA) is 121 Å². The Labute approximate surface area is 318 Å². The Morgan fingerprint density at radius 1 is 0.574 bits per heavy atom. The number of ether oxygens (including phenoxy) is 3. The molecule has 0 heterocycles. The Balaban J connectivity index is 1.10. The van der Waals surface area contributed by atoms with Crippen LogP contribution in [0.2, 0.25) is 0 Å². The third kappa shape index (κ3) is 13.3. The minimum atomic E-state index is -1.30. The molecule has 5 rings (SSSR count). The molecule has 0 radical (unpaired) electrons. The first-order valence-electron chi connectivity index (χ1n) is 18.5. The maximum absolute atomic E-state index is 12.9. The van der Waals surface area contributed by atoms with Crippen LogP contribution in [0.15, 0.2) is 140 Å². The minimum absolute atomic E-state index is 0.0159. The summed E-state index contributed by atoms with van der Waals surface area (Å²) in [5.41, 5.74) is 3.70. The smallest absolute Gasteiger partial charge is 0.253 e. The summed E-state index contributed by atoms with van der Waals surface area (Å²) in [5, 5.41) is 35.5. The van der Waals surface area contributed by atoms with E-state index in [-0.39, 0.29) is 25.3 Å². The van der Waals surface area contributed by atoms with Crippen molar-refractivity contribution >= 4 is 5.91 Å². The summed E-state index contributed by atoms with van der Waals surface area (Å²) in [7, 11) is 0. The third-order valence-electron chi connectivity index (χ3n) is 9.06. The highest BCUT2D eigenvalue weighted by Gasteiger charge is 2.23. The van der Waals surface area contributed by atoms with Gasteiger partial charge in [-0.25, -0.2) is 0 Å². The van der Waals surface area contributed by atoms with Crippen molar-refractivity contribution in [2.75, 3.05) is 26.3 Å². The van der Waals surface area contributed by atoms with Crippen LogP contribution >= 0.6 is 0 Å². The number of nitrogens with one attached hydrogen (secondary N) is 1. The molecule has 0 aliphatic carbocycles. The summed E-state index contributed by atoms with van der Waals surface area (Å²) < 4.78 is 17.4. The number of benzene rings is 5. The quantitative estimate of drug-likeness (QED) is 0.0709. The number of hydrogen-bond donors (Lipinski definition) is 4. The van der Waals surface area contributed by atoms with E-state index in [4.69, 9.17) is 14.2 Å². The number of nitrogens with zero attached hydrogens (tertiary/aromatic N) is 1. The number of carbonyl (C=O) groups excluding carboxylic acids is 1. The number of amides is 1. The molecule has 0 aliphatic heterocycles. The van der Waals surface area contributed by atoms with Crippen LogP contribution in [0.4, 0.5) is 0 Å². The van der Waals surface area contributed by atoms with Gasteiger partial charge in [0.15, 0.2) is 6.10 Å². The molecule has 9 heteroatoms. The van der Waals surface area contributed by atoms with Crippen LogP contribution < -0.4 is 19.5 Å². The molecule has 1 amide bonds. The fourth-order valence-electron chi connectivity index (χ4n) is 6.15. The lowest BCUT2D eigenvalue weighted by molar-refractivity contribution is -0.130. The highest BCUT2D eigenvalue weighted by Crippen LogP contribution is 2.20. The van der Waals surface area contributed by atoms with Gasteiger partial charge in [-0.1, -0.05) is 103 Å². The molecule has 284 valence electrons. The molecule has 0 saturated carbocycles. The van der Waals surface area contributed by atoms with Gasteiger partial charge in [-0.15, -0.1) is 0 Å². The fourth-order valence-corrected chi connectivity index (χ4v) is 6.15. The number of carbonyl (C=O) groups is 1. The summed E-state index contributed by atoms with van der Waals surface area (Å²) in [5.74, 6) is 1.58. The van der Waals surface area contributed by atoms with Gasteiger partial charge in [0.25, 0.3) is 5.91 Å². The maximum atomic E-state index is 12.9. The van der Waals surface area contributed by atoms with E-state index in [0.29, 0.717) is 55.4 Å². The Hall–Kier alpha value is -5.19. The predicted octanol–water partition coefficient (Wildman–Crippen LogP) is 6.16. The lowest BCUT2D eigenvalue weighted by Gasteiger charge is -2.32. The first-order valence-corrected chi connectivity index (χ1v) is 18.5. The standard InChI is InChI=1S/C45H52N2O7/c1-33(46-45(51)44(50)38-22-24-43(25-23-38)52-30-37-12-6-3-7-13-37)26-35-18-20-36(21-19-35)27-34(2)47(28-39(48)31-53-41-14-8-4-9-15-41)29-40(49)32-54-42-16-10-5-11-17-42/h3-25,33-34,39-40,44,48-50H,26-32H2,1-2H3,(H,46,51)/t33-,34-,39+,40+,44-/m1/s1. The molecule has 5 atom stereocenters. The lowest BCUT2D eigenvalue weighted by atomic mass is 10.0. The molecule has 4 N–H and O–H groups in total. The average molecular weight is 733 g/mol. The Morgan fingerprint density at radius 2 is 1.04 bits per heavy atom. The SMILES string of the molecule is C[C@H](Cc1ccc(C[C@@H](C)N(C[C@H](O)COc2ccccc2)C[C@H](O)COc2ccccc2)cc1)NC(=O)[C@H](O)c1ccc(OCc2ccccc2)cc1. The van der Waals surface area contributed by atoms with Gasteiger partial charge in [0, 0.05) is 25.2 Å². The minimum Gasteiger partial charge on any atom is -0.491 e. The molecular formula is C45H52N2O7. The van der Waals surface area contributed by atoms with Gasteiger partial charge >= 0.3 is 0 Å². The number of rotatable bonds is 21. The van der Waals surface area contributed by atoms with Crippen LogP contribution in [0.3, 0.4) is 0 Å². The van der Waals surface area contributed by atoms with E-state index in [0.717, 1.165) is 16.7 Å². The molecule has 5 aromatic carbocycles. The molecule has 0 unspecified atom stereocenters. The van der Waals surface area contributed by atoms with Gasteiger partial charge in [0.2, 0.25) is 0 Å². The largest absolute Gasteiger partial charge is 0.491 e. The molecule has 54 heavy (non-hydrogen) atoms. The summed E-state index contributed by atoms with van der Waals surface area (Å²) in [6.07, 6.45) is -1.56. The highest BCUT2D eigenvalue weighted by atomic mass is 16.5. The molecule has 5 aromatic rings.